The Hall–Kier alpha value is -2.61. The third kappa shape index (κ3) is 3.73. The number of hydrogen-bond donors (Lipinski definition) is 1. The van der Waals surface area contributed by atoms with Crippen molar-refractivity contribution in [2.75, 3.05) is 14.2 Å². The number of carbonyl (C=O) groups excluding carboxylic acids is 3. The van der Waals surface area contributed by atoms with Crippen LogP contribution in [0.15, 0.2) is 40.2 Å². The maximum atomic E-state index is 12.0. The maximum absolute atomic E-state index is 12.0. The van der Waals surface area contributed by atoms with Crippen LogP contribution in [0, 0.1) is 0 Å². The van der Waals surface area contributed by atoms with Crippen molar-refractivity contribution in [3.05, 3.63) is 40.8 Å². The van der Waals surface area contributed by atoms with Crippen LogP contribution in [0.5, 0.6) is 5.75 Å². The molecule has 0 saturated carbocycles. The van der Waals surface area contributed by atoms with Crippen LogP contribution in [0.2, 0.25) is 0 Å². The Balaban J connectivity index is 2.13. The molecule has 7 nitrogen and oxygen atoms in total. The SMILES string of the molecule is COC(=O)/C=C1\SC(=NC(=O)c2ccc(OC)cc2)NC1=O. The lowest BCUT2D eigenvalue weighted by atomic mass is 10.2. The topological polar surface area (TPSA) is 94.1 Å². The molecule has 22 heavy (non-hydrogen) atoms. The summed E-state index contributed by atoms with van der Waals surface area (Å²) in [6.07, 6.45) is 1.04. The number of thioether (sulfide) groups is 1. The van der Waals surface area contributed by atoms with Crippen molar-refractivity contribution >= 4 is 34.7 Å². The highest BCUT2D eigenvalue weighted by atomic mass is 32.2. The molecular weight excluding hydrogens is 308 g/mol. The molecule has 2 amide bonds. The second-order valence-electron chi connectivity index (χ2n) is 4.04. The third-order valence-electron chi connectivity index (χ3n) is 2.64. The standard InChI is InChI=1S/C14H12N2O5S/c1-20-9-5-3-8(4-6-9)12(18)15-14-16-13(19)10(22-14)7-11(17)21-2/h3-7H,1-2H3,(H,15,16,18,19)/b10-7-. The van der Waals surface area contributed by atoms with Gasteiger partial charge in [0.2, 0.25) is 0 Å². The van der Waals surface area contributed by atoms with Crippen LogP contribution >= 0.6 is 11.8 Å². The summed E-state index contributed by atoms with van der Waals surface area (Å²) in [6.45, 7) is 0. The van der Waals surface area contributed by atoms with Crippen molar-refractivity contribution in [2.45, 2.75) is 0 Å². The molecule has 2 rings (SSSR count). The summed E-state index contributed by atoms with van der Waals surface area (Å²) in [7, 11) is 2.73. The minimum atomic E-state index is -0.652. The third-order valence-corrected chi connectivity index (χ3v) is 3.55. The smallest absolute Gasteiger partial charge is 0.331 e. The lowest BCUT2D eigenvalue weighted by Gasteiger charge is -2.00. The van der Waals surface area contributed by atoms with Crippen molar-refractivity contribution in [1.82, 2.24) is 5.32 Å². The van der Waals surface area contributed by atoms with Crippen molar-refractivity contribution in [2.24, 2.45) is 4.99 Å². The number of ether oxygens (including phenoxy) is 2. The molecule has 1 heterocycles. The summed E-state index contributed by atoms with van der Waals surface area (Å²) < 4.78 is 9.44. The van der Waals surface area contributed by atoms with Gasteiger partial charge >= 0.3 is 5.97 Å². The molecule has 1 aromatic carbocycles. The van der Waals surface area contributed by atoms with Crippen molar-refractivity contribution in [3.63, 3.8) is 0 Å². The quantitative estimate of drug-likeness (QED) is 0.662. The molecule has 1 fully saturated rings. The average molecular weight is 320 g/mol. The molecule has 1 aromatic rings. The minimum Gasteiger partial charge on any atom is -0.497 e. The summed E-state index contributed by atoms with van der Waals surface area (Å²) in [5.74, 6) is -1.04. The van der Waals surface area contributed by atoms with Gasteiger partial charge in [0.05, 0.1) is 19.1 Å². The summed E-state index contributed by atoms with van der Waals surface area (Å²) in [6, 6.07) is 6.41. The van der Waals surface area contributed by atoms with Crippen LogP contribution in [0.4, 0.5) is 0 Å². The fourth-order valence-corrected chi connectivity index (χ4v) is 2.32. The number of rotatable bonds is 3. The number of amidine groups is 1. The van der Waals surface area contributed by atoms with Gasteiger partial charge in [-0.05, 0) is 36.0 Å². The summed E-state index contributed by atoms with van der Waals surface area (Å²) in [4.78, 5) is 38.7. The Kier molecular flexibility index (Phi) is 4.95. The van der Waals surface area contributed by atoms with E-state index in [1.807, 2.05) is 0 Å². The largest absolute Gasteiger partial charge is 0.497 e. The van der Waals surface area contributed by atoms with Gasteiger partial charge < -0.3 is 14.8 Å². The first-order valence-electron chi connectivity index (χ1n) is 6.09. The predicted octanol–water partition coefficient (Wildman–Crippen LogP) is 1.11. The fourth-order valence-electron chi connectivity index (χ4n) is 1.54. The zero-order valence-electron chi connectivity index (χ0n) is 11.8. The van der Waals surface area contributed by atoms with Gasteiger partial charge in [-0.1, -0.05) is 0 Å². The fraction of sp³-hybridized carbons (Fsp3) is 0.143. The van der Waals surface area contributed by atoms with Crippen LogP contribution < -0.4 is 10.1 Å². The highest BCUT2D eigenvalue weighted by Crippen LogP contribution is 2.24. The average Bonchev–Trinajstić information content (AvgIpc) is 2.86. The first-order valence-corrected chi connectivity index (χ1v) is 6.91. The van der Waals surface area contributed by atoms with Gasteiger partial charge in [-0.3, -0.25) is 9.59 Å². The molecule has 1 aliphatic heterocycles. The number of benzene rings is 1. The van der Waals surface area contributed by atoms with Gasteiger partial charge in [-0.25, -0.2) is 4.79 Å². The van der Waals surface area contributed by atoms with Gasteiger partial charge in [0, 0.05) is 11.6 Å². The molecule has 0 radical (unpaired) electrons. The van der Waals surface area contributed by atoms with Gasteiger partial charge in [0.25, 0.3) is 11.8 Å². The van der Waals surface area contributed by atoms with E-state index in [-0.39, 0.29) is 10.1 Å². The Morgan fingerprint density at radius 1 is 1.23 bits per heavy atom. The zero-order valence-corrected chi connectivity index (χ0v) is 12.6. The van der Waals surface area contributed by atoms with Crippen molar-refractivity contribution < 1.29 is 23.9 Å². The molecule has 1 saturated heterocycles. The minimum absolute atomic E-state index is 0.112. The molecule has 1 aliphatic rings. The van der Waals surface area contributed by atoms with E-state index in [1.54, 1.807) is 24.3 Å². The first kappa shape index (κ1) is 15.8. The number of nitrogens with zero attached hydrogens (tertiary/aromatic N) is 1. The van der Waals surface area contributed by atoms with Gasteiger partial charge in [-0.15, -0.1) is 0 Å². The molecule has 8 heteroatoms. The summed E-state index contributed by atoms with van der Waals surface area (Å²) in [5.41, 5.74) is 0.355. The monoisotopic (exact) mass is 320 g/mol. The van der Waals surface area contributed by atoms with E-state index in [1.165, 1.54) is 14.2 Å². The molecule has 0 unspecified atom stereocenters. The van der Waals surface area contributed by atoms with E-state index in [2.05, 4.69) is 15.0 Å². The highest BCUT2D eigenvalue weighted by molar-refractivity contribution is 8.18. The summed E-state index contributed by atoms with van der Waals surface area (Å²) in [5, 5.41) is 2.52. The Morgan fingerprint density at radius 3 is 2.50 bits per heavy atom. The second-order valence-corrected chi connectivity index (χ2v) is 5.07. The van der Waals surface area contributed by atoms with Gasteiger partial charge in [0.15, 0.2) is 5.17 Å². The first-order chi connectivity index (χ1) is 10.5. The Labute approximate surface area is 130 Å². The molecule has 0 aliphatic carbocycles. The molecule has 0 spiro atoms. The number of esters is 1. The number of aliphatic imine (C=N–C) groups is 1. The van der Waals surface area contributed by atoms with E-state index in [0.29, 0.717) is 11.3 Å². The van der Waals surface area contributed by atoms with Crippen LogP contribution in [-0.4, -0.2) is 37.2 Å². The molecular formula is C14H12N2O5S. The van der Waals surface area contributed by atoms with Crippen LogP contribution in [0.3, 0.4) is 0 Å². The van der Waals surface area contributed by atoms with Crippen molar-refractivity contribution in [3.8, 4) is 5.75 Å². The Morgan fingerprint density at radius 2 is 1.91 bits per heavy atom. The number of amides is 2. The van der Waals surface area contributed by atoms with E-state index in [0.717, 1.165) is 17.8 Å². The number of hydrogen-bond acceptors (Lipinski definition) is 6. The summed E-state index contributed by atoms with van der Waals surface area (Å²) >= 11 is 0.897. The van der Waals surface area contributed by atoms with Crippen molar-refractivity contribution in [1.29, 1.82) is 0 Å². The molecule has 0 atom stereocenters. The number of methoxy groups -OCH3 is 2. The number of nitrogens with one attached hydrogen (secondary N) is 1. The maximum Gasteiger partial charge on any atom is 0.331 e. The molecule has 0 bridgehead atoms. The van der Waals surface area contributed by atoms with Gasteiger partial charge in [-0.2, -0.15) is 4.99 Å². The lowest BCUT2D eigenvalue weighted by molar-refractivity contribution is -0.135. The second kappa shape index (κ2) is 6.90. The molecule has 0 aromatic heterocycles. The van der Waals surface area contributed by atoms with E-state index in [4.69, 9.17) is 4.74 Å². The number of carbonyl (C=O) groups is 3. The zero-order chi connectivity index (χ0) is 16.1. The highest BCUT2D eigenvalue weighted by Gasteiger charge is 2.25. The van der Waals surface area contributed by atoms with E-state index < -0.39 is 17.8 Å². The molecule has 1 N–H and O–H groups in total. The van der Waals surface area contributed by atoms with Crippen LogP contribution in [0.25, 0.3) is 0 Å². The van der Waals surface area contributed by atoms with Gasteiger partial charge in [0.1, 0.15) is 5.75 Å². The van der Waals surface area contributed by atoms with Crippen LogP contribution in [-0.2, 0) is 14.3 Å². The molecule has 114 valence electrons. The lowest BCUT2D eigenvalue weighted by Crippen LogP contribution is -2.21. The van der Waals surface area contributed by atoms with E-state index >= 15 is 0 Å². The van der Waals surface area contributed by atoms with E-state index in [9.17, 15) is 14.4 Å². The van der Waals surface area contributed by atoms with Crippen LogP contribution in [0.1, 0.15) is 10.4 Å². The normalized spacial score (nSPS) is 17.5. The Bertz CT molecular complexity index is 679. The predicted molar refractivity (Wildman–Crippen MR) is 80.6 cm³/mol.